The number of nitrogens with zero attached hydrogens (tertiary/aromatic N) is 1. The van der Waals surface area contributed by atoms with Gasteiger partial charge in [-0.2, -0.15) is 5.10 Å². The van der Waals surface area contributed by atoms with E-state index in [1.54, 1.807) is 6.92 Å². The highest BCUT2D eigenvalue weighted by atomic mass is 16.4. The van der Waals surface area contributed by atoms with E-state index in [1.165, 1.54) is 23.9 Å². The predicted octanol–water partition coefficient (Wildman–Crippen LogP) is 3.28. The molecule has 0 fully saturated rings. The smallest absolute Gasteiger partial charge is 0.339 e. The molecular weight excluding hydrogens is 376 g/mol. The summed E-state index contributed by atoms with van der Waals surface area (Å²) >= 11 is 0. The van der Waals surface area contributed by atoms with Crippen molar-refractivity contribution in [3.8, 4) is 0 Å². The lowest BCUT2D eigenvalue weighted by Crippen LogP contribution is -2.02. The molecule has 0 atom stereocenters. The summed E-state index contributed by atoms with van der Waals surface area (Å²) in [7, 11) is 0. The van der Waals surface area contributed by atoms with E-state index >= 15 is 0 Å². The van der Waals surface area contributed by atoms with E-state index in [4.69, 9.17) is 15.3 Å². The van der Waals surface area contributed by atoms with Crippen LogP contribution in [0.15, 0.2) is 54.7 Å². The Kier molecular flexibility index (Phi) is 7.25. The molecule has 4 N–H and O–H groups in total. The molecule has 0 aliphatic carbocycles. The molecule has 3 aromatic rings. The molecule has 0 unspecified atom stereocenters. The van der Waals surface area contributed by atoms with Gasteiger partial charge in [-0.3, -0.25) is 5.10 Å². The lowest BCUT2D eigenvalue weighted by Gasteiger charge is -1.99. The molecule has 0 radical (unpaired) electrons. The fourth-order valence-corrected chi connectivity index (χ4v) is 2.63. The van der Waals surface area contributed by atoms with Crippen molar-refractivity contribution in [1.82, 2.24) is 10.2 Å². The van der Waals surface area contributed by atoms with Gasteiger partial charge in [0.1, 0.15) is 5.56 Å². The number of aryl methyl sites for hydroxylation is 3. The third kappa shape index (κ3) is 6.31. The van der Waals surface area contributed by atoms with Crippen LogP contribution in [0, 0.1) is 6.92 Å². The summed E-state index contributed by atoms with van der Waals surface area (Å²) in [6.45, 7) is 1.65. The van der Waals surface area contributed by atoms with Gasteiger partial charge in [0.05, 0.1) is 16.8 Å². The minimum atomic E-state index is -1.12. The van der Waals surface area contributed by atoms with Crippen LogP contribution in [0.1, 0.15) is 47.9 Å². The topological polar surface area (TPSA) is 141 Å². The summed E-state index contributed by atoms with van der Waals surface area (Å²) in [5, 5.41) is 32.7. The van der Waals surface area contributed by atoms with Gasteiger partial charge in [-0.25, -0.2) is 14.4 Å². The molecule has 0 saturated heterocycles. The van der Waals surface area contributed by atoms with Crippen LogP contribution in [-0.2, 0) is 12.8 Å². The second kappa shape index (κ2) is 9.84. The van der Waals surface area contributed by atoms with Gasteiger partial charge >= 0.3 is 17.9 Å². The minimum Gasteiger partial charge on any atom is -0.478 e. The second-order valence-corrected chi connectivity index (χ2v) is 6.23. The largest absolute Gasteiger partial charge is 0.478 e. The third-order valence-electron chi connectivity index (χ3n) is 4.01. The molecule has 8 nitrogen and oxygen atoms in total. The van der Waals surface area contributed by atoms with E-state index in [9.17, 15) is 14.4 Å². The molecule has 1 aromatic heterocycles. The molecule has 3 rings (SSSR count). The zero-order valence-electron chi connectivity index (χ0n) is 15.6. The molecule has 0 spiro atoms. The number of benzene rings is 2. The Hall–Kier alpha value is -3.94. The van der Waals surface area contributed by atoms with Gasteiger partial charge in [0.2, 0.25) is 0 Å². The first-order valence-corrected chi connectivity index (χ1v) is 8.66. The third-order valence-corrected chi connectivity index (χ3v) is 4.01. The fraction of sp³-hybridized carbons (Fsp3) is 0.143. The molecule has 2 aromatic carbocycles. The molecule has 0 aliphatic rings. The summed E-state index contributed by atoms with van der Waals surface area (Å²) in [6, 6.07) is 13.9. The van der Waals surface area contributed by atoms with E-state index in [-0.39, 0.29) is 16.7 Å². The highest BCUT2D eigenvalue weighted by molar-refractivity contribution is 5.94. The van der Waals surface area contributed by atoms with Crippen molar-refractivity contribution in [2.24, 2.45) is 0 Å². The highest BCUT2D eigenvalue weighted by Crippen LogP contribution is 2.10. The number of aromatic carboxylic acids is 3. The number of hydrogen-bond donors (Lipinski definition) is 4. The standard InChI is InChI=1S/C12H12N2O2.C9H8O4/c15-12(16)10-8-13-14-11(10)7-6-9-4-2-1-3-5-9;1-5-2-6(8(10)11)4-7(3-5)9(12)13/h1-5,8H,6-7H2,(H,13,14)(H,15,16);2-4H,1H3,(H,10,11)(H,12,13). The molecule has 29 heavy (non-hydrogen) atoms. The summed E-state index contributed by atoms with van der Waals surface area (Å²) < 4.78 is 0. The van der Waals surface area contributed by atoms with Crippen molar-refractivity contribution in [3.63, 3.8) is 0 Å². The van der Waals surface area contributed by atoms with Crippen molar-refractivity contribution < 1.29 is 29.7 Å². The Morgan fingerprint density at radius 2 is 1.45 bits per heavy atom. The number of hydrogen-bond acceptors (Lipinski definition) is 4. The number of carboxylic acid groups (broad SMARTS) is 3. The molecule has 1 heterocycles. The Labute approximate surface area is 166 Å². The van der Waals surface area contributed by atoms with Crippen molar-refractivity contribution in [1.29, 1.82) is 0 Å². The zero-order valence-corrected chi connectivity index (χ0v) is 15.6. The Balaban J connectivity index is 0.000000212. The van der Waals surface area contributed by atoms with Crippen LogP contribution >= 0.6 is 0 Å². The highest BCUT2D eigenvalue weighted by Gasteiger charge is 2.12. The first kappa shape index (κ1) is 21.4. The van der Waals surface area contributed by atoms with Gasteiger partial charge in [0.15, 0.2) is 0 Å². The monoisotopic (exact) mass is 396 g/mol. The first-order chi connectivity index (χ1) is 13.8. The number of rotatable bonds is 6. The van der Waals surface area contributed by atoms with Gasteiger partial charge in [0.25, 0.3) is 0 Å². The fourth-order valence-electron chi connectivity index (χ4n) is 2.63. The lowest BCUT2D eigenvalue weighted by molar-refractivity contribution is 0.0681. The van der Waals surface area contributed by atoms with E-state index in [0.29, 0.717) is 17.7 Å². The van der Waals surface area contributed by atoms with Crippen LogP contribution in [-0.4, -0.2) is 43.4 Å². The number of nitrogens with one attached hydrogen (secondary N) is 1. The van der Waals surface area contributed by atoms with Crippen LogP contribution in [0.5, 0.6) is 0 Å². The Morgan fingerprint density at radius 3 is 1.97 bits per heavy atom. The number of carboxylic acids is 3. The van der Waals surface area contributed by atoms with Crippen LogP contribution < -0.4 is 0 Å². The Morgan fingerprint density at radius 1 is 0.862 bits per heavy atom. The summed E-state index contributed by atoms with van der Waals surface area (Å²) in [6.07, 6.45) is 2.85. The molecule has 0 bridgehead atoms. The van der Waals surface area contributed by atoms with Crippen molar-refractivity contribution >= 4 is 17.9 Å². The van der Waals surface area contributed by atoms with Gasteiger partial charge in [-0.05, 0) is 49.1 Å². The van der Waals surface area contributed by atoms with E-state index in [0.717, 1.165) is 12.5 Å². The lowest BCUT2D eigenvalue weighted by atomic mass is 10.1. The maximum absolute atomic E-state index is 10.8. The maximum Gasteiger partial charge on any atom is 0.339 e. The van der Waals surface area contributed by atoms with E-state index in [2.05, 4.69) is 10.2 Å². The number of aromatic amines is 1. The average Bonchev–Trinajstić information content (AvgIpc) is 3.16. The normalized spacial score (nSPS) is 9.97. The molecule has 150 valence electrons. The summed E-state index contributed by atoms with van der Waals surface area (Å²) in [5.41, 5.74) is 2.67. The molecule has 0 saturated carbocycles. The number of H-pyrrole nitrogens is 1. The second-order valence-electron chi connectivity index (χ2n) is 6.23. The van der Waals surface area contributed by atoms with Crippen molar-refractivity contribution in [2.45, 2.75) is 19.8 Å². The van der Waals surface area contributed by atoms with E-state index in [1.807, 2.05) is 30.3 Å². The van der Waals surface area contributed by atoms with Gasteiger partial charge in [0, 0.05) is 6.20 Å². The minimum absolute atomic E-state index is 0.00241. The van der Waals surface area contributed by atoms with Gasteiger partial charge < -0.3 is 15.3 Å². The van der Waals surface area contributed by atoms with Crippen molar-refractivity contribution in [3.05, 3.63) is 88.2 Å². The first-order valence-electron chi connectivity index (χ1n) is 8.66. The summed E-state index contributed by atoms with van der Waals surface area (Å²) in [4.78, 5) is 31.9. The van der Waals surface area contributed by atoms with Crippen LogP contribution in [0.4, 0.5) is 0 Å². The molecule has 0 aliphatic heterocycles. The zero-order chi connectivity index (χ0) is 21.4. The van der Waals surface area contributed by atoms with Crippen LogP contribution in [0.3, 0.4) is 0 Å². The quantitative estimate of drug-likeness (QED) is 0.501. The molecular formula is C21H20N2O6. The average molecular weight is 396 g/mol. The van der Waals surface area contributed by atoms with Crippen LogP contribution in [0.2, 0.25) is 0 Å². The molecule has 0 amide bonds. The van der Waals surface area contributed by atoms with Crippen LogP contribution in [0.25, 0.3) is 0 Å². The number of carbonyl (C=O) groups is 3. The van der Waals surface area contributed by atoms with Gasteiger partial charge in [-0.1, -0.05) is 30.3 Å². The van der Waals surface area contributed by atoms with Gasteiger partial charge in [-0.15, -0.1) is 0 Å². The number of aromatic nitrogens is 2. The maximum atomic E-state index is 10.8. The van der Waals surface area contributed by atoms with E-state index < -0.39 is 17.9 Å². The SMILES string of the molecule is Cc1cc(C(=O)O)cc(C(=O)O)c1.O=C(O)c1c[nH]nc1CCc1ccccc1. The predicted molar refractivity (Wildman–Crippen MR) is 104 cm³/mol. The molecule has 8 heteroatoms. The summed E-state index contributed by atoms with van der Waals surface area (Å²) in [5.74, 6) is -3.17. The van der Waals surface area contributed by atoms with Crippen molar-refractivity contribution in [2.75, 3.05) is 0 Å². The Bertz CT molecular complexity index is 979.